The van der Waals surface area contributed by atoms with Crippen molar-refractivity contribution in [1.29, 1.82) is 0 Å². The fourth-order valence-electron chi connectivity index (χ4n) is 1.41. The van der Waals surface area contributed by atoms with Crippen LogP contribution in [0.5, 0.6) is 0 Å². The number of halogens is 2. The summed E-state index contributed by atoms with van der Waals surface area (Å²) in [5.41, 5.74) is 8.91. The van der Waals surface area contributed by atoms with Gasteiger partial charge in [-0.1, -0.05) is 29.3 Å². The molecule has 4 nitrogen and oxygen atoms in total. The van der Waals surface area contributed by atoms with E-state index in [9.17, 15) is 4.79 Å². The van der Waals surface area contributed by atoms with Gasteiger partial charge in [0.25, 0.3) is 5.78 Å². The summed E-state index contributed by atoms with van der Waals surface area (Å²) in [5, 5.41) is 1.60. The van der Waals surface area contributed by atoms with Crippen molar-refractivity contribution in [2.24, 2.45) is 0 Å². The predicted molar refractivity (Wildman–Crippen MR) is 65.8 cm³/mol. The van der Waals surface area contributed by atoms with Crippen molar-refractivity contribution < 1.29 is 9.58 Å². The van der Waals surface area contributed by atoms with Gasteiger partial charge in [0.05, 0.1) is 10.5 Å². The van der Waals surface area contributed by atoms with Crippen molar-refractivity contribution >= 4 is 46.1 Å². The van der Waals surface area contributed by atoms with Crippen LogP contribution in [0.15, 0.2) is 24.3 Å². The van der Waals surface area contributed by atoms with E-state index in [-0.39, 0.29) is 5.69 Å². The average molecular weight is 266 g/mol. The van der Waals surface area contributed by atoms with Crippen LogP contribution >= 0.6 is 23.2 Å². The zero-order chi connectivity index (χ0) is 12.4. The number of aromatic nitrogens is 1. The molecule has 0 fully saturated rings. The summed E-state index contributed by atoms with van der Waals surface area (Å²) in [6, 6.07) is 6.44. The lowest BCUT2D eigenvalue weighted by Gasteiger charge is -2.01. The lowest BCUT2D eigenvalue weighted by atomic mass is 10.2. The zero-order valence-corrected chi connectivity index (χ0v) is 9.90. The molecule has 1 aromatic carbocycles. The smallest absolute Gasteiger partial charge is 0.329 e. The molecule has 0 aliphatic carbocycles. The summed E-state index contributed by atoms with van der Waals surface area (Å²) in [7, 11) is 0. The predicted octanol–water partition coefficient (Wildman–Crippen LogP) is 3.02. The van der Waals surface area contributed by atoms with Gasteiger partial charge in [-0.15, -0.1) is 0 Å². The van der Waals surface area contributed by atoms with Crippen molar-refractivity contribution in [3.8, 4) is 0 Å². The molecule has 0 amide bonds. The number of rotatable bonds is 2. The van der Waals surface area contributed by atoms with Gasteiger partial charge in [-0.3, -0.25) is 4.79 Å². The molecule has 0 aliphatic rings. The van der Waals surface area contributed by atoms with E-state index in [1.54, 1.807) is 18.2 Å². The Morgan fingerprint density at radius 3 is 2.82 bits per heavy atom. The largest absolute Gasteiger partial charge is 0.361 e. The minimum atomic E-state index is -0.500. The van der Waals surface area contributed by atoms with Gasteiger partial charge in [0.2, 0.25) is 0 Å². The monoisotopic (exact) mass is 265 g/mol. The minimum Gasteiger partial charge on any atom is -0.361 e. The van der Waals surface area contributed by atoms with Crippen LogP contribution in [0.4, 0.5) is 0 Å². The average Bonchev–Trinajstić information content (AvgIpc) is 2.28. The first-order valence-corrected chi connectivity index (χ1v) is 5.35. The van der Waals surface area contributed by atoms with Crippen LogP contribution in [0.3, 0.4) is 0 Å². The molecule has 0 N–H and O–H groups in total. The molecule has 2 aromatic rings. The second kappa shape index (κ2) is 4.63. The third-order valence-electron chi connectivity index (χ3n) is 2.14. The first-order chi connectivity index (χ1) is 8.11. The molecule has 1 heterocycles. The van der Waals surface area contributed by atoms with Crippen LogP contribution in [0.2, 0.25) is 10.0 Å². The summed E-state index contributed by atoms with van der Waals surface area (Å²) in [6.45, 7) is 0. The van der Waals surface area contributed by atoms with Crippen molar-refractivity contribution in [1.82, 2.24) is 4.98 Å². The van der Waals surface area contributed by atoms with Crippen LogP contribution in [0, 0.1) is 0 Å². The molecule has 6 heteroatoms. The van der Waals surface area contributed by atoms with E-state index in [4.69, 9.17) is 28.7 Å². The fourth-order valence-corrected chi connectivity index (χ4v) is 1.96. The summed E-state index contributed by atoms with van der Waals surface area (Å²) in [5.74, 6) is -0.500. The summed E-state index contributed by atoms with van der Waals surface area (Å²) < 4.78 is 0. The molecule has 0 atom stereocenters. The highest BCUT2D eigenvalue weighted by Crippen LogP contribution is 2.26. The third-order valence-corrected chi connectivity index (χ3v) is 2.64. The number of hydrogen-bond acceptors (Lipinski definition) is 2. The molecule has 0 saturated heterocycles. The molecule has 2 rings (SSSR count). The fraction of sp³-hybridized carbons (Fsp3) is 0. The topological polar surface area (TPSA) is 66.4 Å². The highest BCUT2D eigenvalue weighted by atomic mass is 35.5. The summed E-state index contributed by atoms with van der Waals surface area (Å²) in [4.78, 5) is 18.2. The maximum Gasteiger partial charge on any atom is 0.329 e. The van der Waals surface area contributed by atoms with Gasteiger partial charge in [-0.25, -0.2) is 4.98 Å². The molecular weight excluding hydrogens is 261 g/mol. The second-order valence-electron chi connectivity index (χ2n) is 3.26. The van der Waals surface area contributed by atoms with E-state index in [1.807, 2.05) is 0 Å². The third kappa shape index (κ3) is 2.34. The highest BCUT2D eigenvalue weighted by Gasteiger charge is 2.11. The van der Waals surface area contributed by atoms with Crippen molar-refractivity contribution in [3.63, 3.8) is 0 Å². The maximum atomic E-state index is 11.4. The van der Waals surface area contributed by atoms with Crippen LogP contribution < -0.4 is 0 Å². The Bertz CT molecular complexity index is 663. The maximum absolute atomic E-state index is 11.4. The van der Waals surface area contributed by atoms with Gasteiger partial charge in [-0.2, -0.15) is 4.79 Å². The SMILES string of the molecule is [N-]=[N+]=CC(=O)c1ccc2cc(Cl)cc(Cl)c2n1. The van der Waals surface area contributed by atoms with Crippen molar-refractivity contribution in [3.05, 3.63) is 45.5 Å². The molecule has 0 aliphatic heterocycles. The Kier molecular flexibility index (Phi) is 3.20. The van der Waals surface area contributed by atoms with E-state index in [1.165, 1.54) is 6.07 Å². The zero-order valence-electron chi connectivity index (χ0n) is 8.39. The summed E-state index contributed by atoms with van der Waals surface area (Å²) >= 11 is 11.8. The Morgan fingerprint density at radius 2 is 2.12 bits per heavy atom. The van der Waals surface area contributed by atoms with Gasteiger partial charge in [0, 0.05) is 10.4 Å². The number of hydrogen-bond donors (Lipinski definition) is 0. The molecule has 1 aromatic heterocycles. The lowest BCUT2D eigenvalue weighted by molar-refractivity contribution is 0.00230. The van der Waals surface area contributed by atoms with Crippen LogP contribution in [-0.2, 0) is 0 Å². The van der Waals surface area contributed by atoms with E-state index < -0.39 is 5.78 Å². The van der Waals surface area contributed by atoms with Gasteiger partial charge < -0.3 is 5.53 Å². The number of carbonyl (C=O) groups excluding carboxylic acids is 1. The van der Waals surface area contributed by atoms with Gasteiger partial charge >= 0.3 is 6.21 Å². The van der Waals surface area contributed by atoms with Crippen LogP contribution in [-0.4, -0.2) is 21.8 Å². The molecule has 0 saturated carbocycles. The normalized spacial score (nSPS) is 10.0. The van der Waals surface area contributed by atoms with Crippen LogP contribution in [0.1, 0.15) is 10.5 Å². The van der Waals surface area contributed by atoms with Crippen LogP contribution in [0.25, 0.3) is 16.4 Å². The number of pyridine rings is 1. The van der Waals surface area contributed by atoms with E-state index in [0.29, 0.717) is 15.6 Å². The van der Waals surface area contributed by atoms with E-state index in [0.717, 1.165) is 11.6 Å². The van der Waals surface area contributed by atoms with Gasteiger partial charge in [0.1, 0.15) is 5.69 Å². The number of fused-ring (bicyclic) bond motifs is 1. The number of ketones is 1. The number of nitrogens with zero attached hydrogens (tertiary/aromatic N) is 3. The van der Waals surface area contributed by atoms with Crippen molar-refractivity contribution in [2.45, 2.75) is 0 Å². The Labute approximate surface area is 106 Å². The summed E-state index contributed by atoms with van der Waals surface area (Å²) in [6.07, 6.45) is 0.776. The highest BCUT2D eigenvalue weighted by molar-refractivity contribution is 6.38. The first kappa shape index (κ1) is 11.7. The number of Topliss-reactive ketones (excluding diaryl/α,β-unsaturated/α-hetero) is 1. The molecule has 0 bridgehead atoms. The molecular formula is C11H5Cl2N3O. The Morgan fingerprint density at radius 1 is 1.35 bits per heavy atom. The Hall–Kier alpha value is -1.74. The molecule has 0 unspecified atom stereocenters. The molecule has 17 heavy (non-hydrogen) atoms. The minimum absolute atomic E-state index is 0.152. The van der Waals surface area contributed by atoms with Gasteiger partial charge in [0.15, 0.2) is 0 Å². The Balaban J connectivity index is 2.65. The number of carbonyl (C=O) groups is 1. The standard InChI is InChI=1S/C11H5Cl2N3O/c12-7-3-6-1-2-9(10(17)5-15-14)16-11(6)8(13)4-7/h1-5H. The molecule has 0 spiro atoms. The second-order valence-corrected chi connectivity index (χ2v) is 4.11. The van der Waals surface area contributed by atoms with E-state index in [2.05, 4.69) is 9.77 Å². The quantitative estimate of drug-likeness (QED) is 0.363. The van der Waals surface area contributed by atoms with E-state index >= 15 is 0 Å². The van der Waals surface area contributed by atoms with Crippen molar-refractivity contribution in [2.75, 3.05) is 0 Å². The number of benzene rings is 1. The molecule has 0 radical (unpaired) electrons. The first-order valence-electron chi connectivity index (χ1n) is 4.59. The van der Waals surface area contributed by atoms with Gasteiger partial charge in [-0.05, 0) is 18.2 Å². The lowest BCUT2D eigenvalue weighted by Crippen LogP contribution is -2.03. The molecule has 84 valence electrons.